The van der Waals surface area contributed by atoms with Crippen LogP contribution in [0.5, 0.6) is 0 Å². The number of hydrogen-bond acceptors (Lipinski definition) is 3. The summed E-state index contributed by atoms with van der Waals surface area (Å²) in [6.45, 7) is 3.70. The molecule has 0 amide bonds. The van der Waals surface area contributed by atoms with E-state index in [-0.39, 0.29) is 6.15 Å². The first-order valence-corrected chi connectivity index (χ1v) is 10.1. The van der Waals surface area contributed by atoms with Crippen molar-refractivity contribution >= 4 is 6.15 Å². The molecule has 3 heteroatoms. The molecule has 142 valence electrons. The van der Waals surface area contributed by atoms with Crippen LogP contribution in [-0.2, 0) is 16.1 Å². The molecule has 0 radical (unpaired) electrons. The fraction of sp³-hybridized carbons (Fsp3) is 0.458. The third-order valence-corrected chi connectivity index (χ3v) is 6.05. The second kappa shape index (κ2) is 10.2. The van der Waals surface area contributed by atoms with Crippen LogP contribution in [-0.4, -0.2) is 24.1 Å². The predicted molar refractivity (Wildman–Crippen MR) is 106 cm³/mol. The molecule has 2 aromatic carbocycles. The van der Waals surface area contributed by atoms with Crippen molar-refractivity contribution in [2.45, 2.75) is 44.6 Å². The number of rotatable bonds is 6. The third kappa shape index (κ3) is 6.16. The molecular formula is C24H29NO2. The van der Waals surface area contributed by atoms with E-state index in [1.807, 2.05) is 0 Å². The number of likely N-dealkylation sites (tertiary alicyclic amines) is 1. The summed E-state index contributed by atoms with van der Waals surface area (Å²) < 4.78 is 0. The lowest BCUT2D eigenvalue weighted by Gasteiger charge is -2.32. The molecule has 0 bridgehead atoms. The average molecular weight is 364 g/mol. The van der Waals surface area contributed by atoms with Crippen molar-refractivity contribution in [3.63, 3.8) is 0 Å². The van der Waals surface area contributed by atoms with Crippen molar-refractivity contribution in [3.05, 3.63) is 71.8 Å². The van der Waals surface area contributed by atoms with Gasteiger partial charge in [0, 0.05) is 6.54 Å². The summed E-state index contributed by atoms with van der Waals surface area (Å²) in [7, 11) is 0. The number of piperidine rings is 1. The van der Waals surface area contributed by atoms with Gasteiger partial charge in [0.05, 0.1) is 0 Å². The van der Waals surface area contributed by atoms with Crippen LogP contribution in [0.4, 0.5) is 0 Å². The summed E-state index contributed by atoms with van der Waals surface area (Å²) in [6, 6.07) is 22.0. The van der Waals surface area contributed by atoms with Gasteiger partial charge in [-0.3, -0.25) is 4.90 Å². The third-order valence-electron chi connectivity index (χ3n) is 6.05. The maximum atomic E-state index is 8.12. The van der Waals surface area contributed by atoms with E-state index in [4.69, 9.17) is 9.59 Å². The molecule has 0 N–H and O–H groups in total. The largest absolute Gasteiger partial charge is 0.373 e. The zero-order valence-electron chi connectivity index (χ0n) is 15.9. The van der Waals surface area contributed by atoms with Crippen molar-refractivity contribution in [1.29, 1.82) is 0 Å². The van der Waals surface area contributed by atoms with Gasteiger partial charge in [-0.1, -0.05) is 67.1 Å². The van der Waals surface area contributed by atoms with Gasteiger partial charge in [-0.15, -0.1) is 0 Å². The molecule has 2 atom stereocenters. The summed E-state index contributed by atoms with van der Waals surface area (Å²) in [5, 5.41) is 0. The Labute approximate surface area is 162 Å². The lowest BCUT2D eigenvalue weighted by molar-refractivity contribution is -0.191. The Kier molecular flexibility index (Phi) is 7.38. The van der Waals surface area contributed by atoms with Gasteiger partial charge in [-0.2, -0.15) is 9.59 Å². The molecule has 1 saturated heterocycles. The van der Waals surface area contributed by atoms with E-state index in [0.29, 0.717) is 0 Å². The molecule has 1 aliphatic heterocycles. The molecule has 2 aliphatic rings. The lowest BCUT2D eigenvalue weighted by Crippen LogP contribution is -2.33. The lowest BCUT2D eigenvalue weighted by atomic mass is 9.90. The molecule has 3 nitrogen and oxygen atoms in total. The van der Waals surface area contributed by atoms with Crippen LogP contribution < -0.4 is 0 Å². The van der Waals surface area contributed by atoms with Gasteiger partial charge in [-0.25, -0.2) is 0 Å². The zero-order chi connectivity index (χ0) is 18.9. The van der Waals surface area contributed by atoms with Gasteiger partial charge in [0.1, 0.15) is 0 Å². The van der Waals surface area contributed by atoms with E-state index < -0.39 is 0 Å². The fourth-order valence-electron chi connectivity index (χ4n) is 4.40. The maximum Gasteiger partial charge on any atom is 0.373 e. The Hall–Kier alpha value is -2.22. The molecule has 1 unspecified atom stereocenters. The Balaban J connectivity index is 0.000000659. The summed E-state index contributed by atoms with van der Waals surface area (Å²) in [5.74, 6) is 2.80. The second-order valence-electron chi connectivity index (χ2n) is 7.88. The Morgan fingerprint density at radius 3 is 2.07 bits per heavy atom. The minimum Gasteiger partial charge on any atom is -0.299 e. The van der Waals surface area contributed by atoms with Crippen LogP contribution in [0.3, 0.4) is 0 Å². The summed E-state index contributed by atoms with van der Waals surface area (Å²) >= 11 is 0. The van der Waals surface area contributed by atoms with Crippen LogP contribution in [0.15, 0.2) is 60.7 Å². The van der Waals surface area contributed by atoms with Gasteiger partial charge in [0.25, 0.3) is 0 Å². The smallest absolute Gasteiger partial charge is 0.299 e. The van der Waals surface area contributed by atoms with Gasteiger partial charge >= 0.3 is 6.15 Å². The van der Waals surface area contributed by atoms with Crippen LogP contribution >= 0.6 is 0 Å². The number of hydrogen-bond donors (Lipinski definition) is 0. The minimum absolute atomic E-state index is 0.250. The standard InChI is InChI=1S/C23H29N.CO2/c1-3-7-20(8-4-1)18-24-15-13-19(14-16-24)11-12-22-17-23(22)21-9-5-2-6-10-21;2-1-3/h1-10,19,22-23H,11-18H2;/t22?,23-;/m0./s1. The molecule has 1 aliphatic carbocycles. The molecule has 0 spiro atoms. The quantitative estimate of drug-likeness (QED) is 0.732. The second-order valence-corrected chi connectivity index (χ2v) is 7.88. The molecule has 1 heterocycles. The summed E-state index contributed by atoms with van der Waals surface area (Å²) in [6.07, 6.45) is 7.37. The highest BCUT2D eigenvalue weighted by Crippen LogP contribution is 2.50. The molecule has 2 aromatic rings. The van der Waals surface area contributed by atoms with E-state index in [9.17, 15) is 0 Å². The molecular weight excluding hydrogens is 334 g/mol. The van der Waals surface area contributed by atoms with Crippen LogP contribution in [0.1, 0.15) is 49.1 Å². The monoisotopic (exact) mass is 363 g/mol. The van der Waals surface area contributed by atoms with E-state index in [0.717, 1.165) is 24.3 Å². The summed E-state index contributed by atoms with van der Waals surface area (Å²) in [4.78, 5) is 18.9. The highest BCUT2D eigenvalue weighted by molar-refractivity contribution is 5.25. The van der Waals surface area contributed by atoms with Crippen LogP contribution in [0.2, 0.25) is 0 Å². The van der Waals surface area contributed by atoms with Crippen molar-refractivity contribution in [2.75, 3.05) is 13.1 Å². The highest BCUT2D eigenvalue weighted by Gasteiger charge is 2.37. The Morgan fingerprint density at radius 2 is 1.44 bits per heavy atom. The first-order chi connectivity index (χ1) is 13.3. The zero-order valence-corrected chi connectivity index (χ0v) is 15.9. The maximum absolute atomic E-state index is 8.12. The summed E-state index contributed by atoms with van der Waals surface area (Å²) in [5.41, 5.74) is 3.03. The Morgan fingerprint density at radius 1 is 0.852 bits per heavy atom. The topological polar surface area (TPSA) is 37.4 Å². The molecule has 1 saturated carbocycles. The van der Waals surface area contributed by atoms with E-state index in [2.05, 4.69) is 65.6 Å². The van der Waals surface area contributed by atoms with Gasteiger partial charge in [0.2, 0.25) is 0 Å². The van der Waals surface area contributed by atoms with Crippen LogP contribution in [0.25, 0.3) is 0 Å². The molecule has 2 fully saturated rings. The van der Waals surface area contributed by atoms with Crippen LogP contribution in [0, 0.1) is 11.8 Å². The molecule has 27 heavy (non-hydrogen) atoms. The molecule has 4 rings (SSSR count). The number of carbonyl (C=O) groups excluding carboxylic acids is 2. The number of benzene rings is 2. The highest BCUT2D eigenvalue weighted by atomic mass is 16.2. The normalized spacial score (nSPS) is 22.4. The molecule has 0 aromatic heterocycles. The van der Waals surface area contributed by atoms with E-state index in [1.54, 1.807) is 5.56 Å². The van der Waals surface area contributed by atoms with E-state index in [1.165, 1.54) is 50.8 Å². The van der Waals surface area contributed by atoms with Gasteiger partial charge in [0.15, 0.2) is 0 Å². The van der Waals surface area contributed by atoms with Gasteiger partial charge in [-0.05, 0) is 67.7 Å². The SMILES string of the molecule is O=C=O.c1ccc(CN2CCC(CCC3C[C@H]3c3ccccc3)CC2)cc1. The fourth-order valence-corrected chi connectivity index (χ4v) is 4.40. The minimum atomic E-state index is 0.250. The van der Waals surface area contributed by atoms with Crippen molar-refractivity contribution < 1.29 is 9.59 Å². The van der Waals surface area contributed by atoms with Gasteiger partial charge < -0.3 is 0 Å². The predicted octanol–water partition coefficient (Wildman–Crippen LogP) is 4.90. The Bertz CT molecular complexity index is 702. The number of nitrogens with zero attached hydrogens (tertiary/aromatic N) is 1. The van der Waals surface area contributed by atoms with Crippen molar-refractivity contribution in [3.8, 4) is 0 Å². The first kappa shape index (κ1) is 19.5. The first-order valence-electron chi connectivity index (χ1n) is 10.1. The van der Waals surface area contributed by atoms with Crippen molar-refractivity contribution in [1.82, 2.24) is 4.90 Å². The van der Waals surface area contributed by atoms with E-state index >= 15 is 0 Å². The average Bonchev–Trinajstić information content (AvgIpc) is 3.49. The van der Waals surface area contributed by atoms with Crippen molar-refractivity contribution in [2.24, 2.45) is 11.8 Å².